The molecule has 118 valence electrons. The highest BCUT2D eigenvalue weighted by Crippen LogP contribution is 2.31. The molecule has 21 heavy (non-hydrogen) atoms. The molecule has 1 aromatic carbocycles. The first-order valence-corrected chi connectivity index (χ1v) is 8.58. The van der Waals surface area contributed by atoms with Crippen molar-refractivity contribution in [1.82, 2.24) is 10.2 Å². The van der Waals surface area contributed by atoms with Gasteiger partial charge in [0.15, 0.2) is 0 Å². The van der Waals surface area contributed by atoms with Gasteiger partial charge in [-0.1, -0.05) is 51.1 Å². The molecule has 0 bridgehead atoms. The van der Waals surface area contributed by atoms with Gasteiger partial charge in [-0.15, -0.1) is 0 Å². The third kappa shape index (κ3) is 4.82. The van der Waals surface area contributed by atoms with Gasteiger partial charge in [-0.2, -0.15) is 0 Å². The van der Waals surface area contributed by atoms with Gasteiger partial charge in [-0.25, -0.2) is 0 Å². The van der Waals surface area contributed by atoms with Gasteiger partial charge in [-0.3, -0.25) is 4.90 Å². The number of rotatable bonds is 6. The number of hydrogen-bond donors (Lipinski definition) is 1. The van der Waals surface area contributed by atoms with Gasteiger partial charge < -0.3 is 5.32 Å². The molecule has 2 heteroatoms. The first-order valence-electron chi connectivity index (χ1n) is 8.58. The lowest BCUT2D eigenvalue weighted by Gasteiger charge is -2.39. The molecule has 1 aromatic rings. The van der Waals surface area contributed by atoms with Crippen molar-refractivity contribution in [1.29, 1.82) is 0 Å². The first-order chi connectivity index (χ1) is 10.1. The first kappa shape index (κ1) is 16.5. The largest absolute Gasteiger partial charge is 0.313 e. The van der Waals surface area contributed by atoms with Crippen molar-refractivity contribution < 1.29 is 0 Å². The SMILES string of the molecule is CC1CCC(N(C)C(CNC(C)C)c2ccccc2)CC1. The second kappa shape index (κ2) is 7.95. The van der Waals surface area contributed by atoms with Crippen molar-refractivity contribution in [2.24, 2.45) is 5.92 Å². The number of nitrogens with one attached hydrogen (secondary N) is 1. The predicted molar refractivity (Wildman–Crippen MR) is 91.5 cm³/mol. The van der Waals surface area contributed by atoms with Crippen LogP contribution in [-0.2, 0) is 0 Å². The molecule has 0 saturated heterocycles. The van der Waals surface area contributed by atoms with Gasteiger partial charge in [0.2, 0.25) is 0 Å². The van der Waals surface area contributed by atoms with E-state index in [0.717, 1.165) is 18.5 Å². The van der Waals surface area contributed by atoms with E-state index in [-0.39, 0.29) is 0 Å². The monoisotopic (exact) mass is 288 g/mol. The summed E-state index contributed by atoms with van der Waals surface area (Å²) in [5, 5.41) is 3.63. The number of hydrogen-bond acceptors (Lipinski definition) is 2. The van der Waals surface area contributed by atoms with E-state index < -0.39 is 0 Å². The van der Waals surface area contributed by atoms with Crippen molar-refractivity contribution in [3.8, 4) is 0 Å². The average molecular weight is 288 g/mol. The van der Waals surface area contributed by atoms with E-state index in [0.29, 0.717) is 12.1 Å². The molecule has 0 heterocycles. The minimum Gasteiger partial charge on any atom is -0.313 e. The second-order valence-corrected chi connectivity index (χ2v) is 7.07. The molecule has 1 saturated carbocycles. The van der Waals surface area contributed by atoms with Crippen molar-refractivity contribution in [3.63, 3.8) is 0 Å². The zero-order valence-corrected chi connectivity index (χ0v) is 14.2. The van der Waals surface area contributed by atoms with Crippen LogP contribution in [0.15, 0.2) is 30.3 Å². The Bertz CT molecular complexity index is 393. The van der Waals surface area contributed by atoms with Gasteiger partial charge in [0.05, 0.1) is 0 Å². The van der Waals surface area contributed by atoms with Crippen LogP contribution < -0.4 is 5.32 Å². The fourth-order valence-corrected chi connectivity index (χ4v) is 3.42. The summed E-state index contributed by atoms with van der Waals surface area (Å²) in [4.78, 5) is 2.62. The van der Waals surface area contributed by atoms with Crippen molar-refractivity contribution in [3.05, 3.63) is 35.9 Å². The molecule has 1 unspecified atom stereocenters. The molecule has 0 radical (unpaired) electrons. The fourth-order valence-electron chi connectivity index (χ4n) is 3.42. The fraction of sp³-hybridized carbons (Fsp3) is 0.684. The lowest BCUT2D eigenvalue weighted by atomic mass is 9.86. The summed E-state index contributed by atoms with van der Waals surface area (Å²) in [5.41, 5.74) is 1.44. The maximum atomic E-state index is 3.63. The van der Waals surface area contributed by atoms with Crippen LogP contribution in [0.3, 0.4) is 0 Å². The van der Waals surface area contributed by atoms with Crippen LogP contribution in [-0.4, -0.2) is 30.6 Å². The van der Waals surface area contributed by atoms with Gasteiger partial charge >= 0.3 is 0 Å². The standard InChI is InChI=1S/C19H32N2/c1-15(2)20-14-19(17-8-6-5-7-9-17)21(4)18-12-10-16(3)11-13-18/h5-9,15-16,18-20H,10-14H2,1-4H3. The van der Waals surface area contributed by atoms with E-state index in [4.69, 9.17) is 0 Å². The van der Waals surface area contributed by atoms with E-state index in [1.165, 1.54) is 31.2 Å². The number of nitrogens with zero attached hydrogens (tertiary/aromatic N) is 1. The molecule has 0 spiro atoms. The van der Waals surface area contributed by atoms with E-state index in [1.54, 1.807) is 0 Å². The van der Waals surface area contributed by atoms with Gasteiger partial charge in [0, 0.05) is 24.7 Å². The Balaban J connectivity index is 2.07. The Labute approximate surface area is 130 Å². The molecular weight excluding hydrogens is 256 g/mol. The Hall–Kier alpha value is -0.860. The summed E-state index contributed by atoms with van der Waals surface area (Å²) in [6, 6.07) is 12.7. The van der Waals surface area contributed by atoms with Crippen LogP contribution in [0.2, 0.25) is 0 Å². The molecule has 1 N–H and O–H groups in total. The van der Waals surface area contributed by atoms with Crippen LogP contribution in [0, 0.1) is 5.92 Å². The molecule has 2 nitrogen and oxygen atoms in total. The highest BCUT2D eigenvalue weighted by atomic mass is 15.2. The smallest absolute Gasteiger partial charge is 0.0472 e. The van der Waals surface area contributed by atoms with E-state index in [2.05, 4.69) is 68.4 Å². The topological polar surface area (TPSA) is 15.3 Å². The lowest BCUT2D eigenvalue weighted by Crippen LogP contribution is -2.42. The normalized spacial score (nSPS) is 24.5. The molecule has 1 aliphatic rings. The van der Waals surface area contributed by atoms with Crippen molar-refractivity contribution >= 4 is 0 Å². The van der Waals surface area contributed by atoms with Gasteiger partial charge in [0.25, 0.3) is 0 Å². The zero-order valence-electron chi connectivity index (χ0n) is 14.2. The van der Waals surface area contributed by atoms with Gasteiger partial charge in [0.1, 0.15) is 0 Å². The maximum absolute atomic E-state index is 3.63. The predicted octanol–water partition coefficient (Wildman–Crippen LogP) is 4.24. The molecule has 1 fully saturated rings. The Morgan fingerprint density at radius 3 is 2.29 bits per heavy atom. The molecule has 0 aromatic heterocycles. The van der Waals surface area contributed by atoms with E-state index in [1.807, 2.05) is 0 Å². The van der Waals surface area contributed by atoms with Crippen molar-refractivity contribution in [2.75, 3.05) is 13.6 Å². The summed E-state index contributed by atoms with van der Waals surface area (Å²) < 4.78 is 0. The Morgan fingerprint density at radius 1 is 1.10 bits per heavy atom. The van der Waals surface area contributed by atoms with Crippen LogP contribution >= 0.6 is 0 Å². The van der Waals surface area contributed by atoms with E-state index >= 15 is 0 Å². The summed E-state index contributed by atoms with van der Waals surface area (Å²) >= 11 is 0. The van der Waals surface area contributed by atoms with Crippen LogP contribution in [0.1, 0.15) is 58.1 Å². The summed E-state index contributed by atoms with van der Waals surface area (Å²) in [6.07, 6.45) is 5.47. The Morgan fingerprint density at radius 2 is 1.71 bits per heavy atom. The zero-order chi connectivity index (χ0) is 15.2. The molecule has 0 amide bonds. The molecular formula is C19H32N2. The molecule has 1 atom stereocenters. The quantitative estimate of drug-likeness (QED) is 0.842. The summed E-state index contributed by atoms with van der Waals surface area (Å²) in [7, 11) is 2.32. The minimum absolute atomic E-state index is 0.479. The number of likely N-dealkylation sites (N-methyl/N-ethyl adjacent to an activating group) is 1. The maximum Gasteiger partial charge on any atom is 0.0472 e. The molecule has 2 rings (SSSR count). The van der Waals surface area contributed by atoms with Crippen LogP contribution in [0.4, 0.5) is 0 Å². The minimum atomic E-state index is 0.479. The molecule has 0 aliphatic heterocycles. The number of benzene rings is 1. The highest BCUT2D eigenvalue weighted by Gasteiger charge is 2.27. The van der Waals surface area contributed by atoms with Crippen LogP contribution in [0.25, 0.3) is 0 Å². The third-order valence-corrected chi connectivity index (χ3v) is 4.96. The molecule has 1 aliphatic carbocycles. The lowest BCUT2D eigenvalue weighted by molar-refractivity contribution is 0.120. The second-order valence-electron chi connectivity index (χ2n) is 7.07. The van der Waals surface area contributed by atoms with Crippen LogP contribution in [0.5, 0.6) is 0 Å². The Kier molecular flexibility index (Phi) is 6.25. The average Bonchev–Trinajstić information content (AvgIpc) is 2.49. The summed E-state index contributed by atoms with van der Waals surface area (Å²) in [5.74, 6) is 0.915. The third-order valence-electron chi connectivity index (χ3n) is 4.96. The van der Waals surface area contributed by atoms with Crippen molar-refractivity contribution in [2.45, 2.75) is 64.6 Å². The highest BCUT2D eigenvalue weighted by molar-refractivity contribution is 5.19. The van der Waals surface area contributed by atoms with E-state index in [9.17, 15) is 0 Å². The summed E-state index contributed by atoms with van der Waals surface area (Å²) in [6.45, 7) is 7.88. The van der Waals surface area contributed by atoms with Gasteiger partial charge in [-0.05, 0) is 44.2 Å².